The molecule has 88 valence electrons. The Morgan fingerprint density at radius 2 is 2.00 bits per heavy atom. The zero-order chi connectivity index (χ0) is 12.1. The van der Waals surface area contributed by atoms with E-state index in [1.807, 2.05) is 0 Å². The smallest absolute Gasteiger partial charge is 0.342 e. The van der Waals surface area contributed by atoms with E-state index >= 15 is 0 Å². The van der Waals surface area contributed by atoms with Crippen LogP contribution in [0.3, 0.4) is 0 Å². The van der Waals surface area contributed by atoms with E-state index in [2.05, 4.69) is 15.9 Å². The molecule has 4 nitrogen and oxygen atoms in total. The van der Waals surface area contributed by atoms with Crippen LogP contribution in [-0.4, -0.2) is 26.8 Å². The monoisotopic (exact) mass is 288 g/mol. The average molecular weight is 289 g/mol. The van der Waals surface area contributed by atoms with Gasteiger partial charge in [0.25, 0.3) is 0 Å². The van der Waals surface area contributed by atoms with Gasteiger partial charge in [0, 0.05) is 0 Å². The fraction of sp³-hybridized carbons (Fsp3) is 0.364. The second kappa shape index (κ2) is 5.75. The number of carbonyl (C=O) groups excluding carboxylic acids is 1. The summed E-state index contributed by atoms with van der Waals surface area (Å²) in [6.45, 7) is 2.07. The summed E-state index contributed by atoms with van der Waals surface area (Å²) in [6, 6.07) is 3.31. The van der Waals surface area contributed by atoms with Crippen molar-refractivity contribution in [3.05, 3.63) is 22.2 Å². The van der Waals surface area contributed by atoms with Crippen LogP contribution in [0.25, 0.3) is 0 Å². The van der Waals surface area contributed by atoms with Gasteiger partial charge >= 0.3 is 5.97 Å². The van der Waals surface area contributed by atoms with Crippen LogP contribution >= 0.6 is 15.9 Å². The van der Waals surface area contributed by atoms with Crippen molar-refractivity contribution in [3.8, 4) is 11.5 Å². The summed E-state index contributed by atoms with van der Waals surface area (Å²) in [5, 5.41) is 0. The van der Waals surface area contributed by atoms with E-state index in [9.17, 15) is 4.79 Å². The number of esters is 1. The highest BCUT2D eigenvalue weighted by Gasteiger charge is 2.17. The average Bonchev–Trinajstić information content (AvgIpc) is 2.28. The van der Waals surface area contributed by atoms with Crippen LogP contribution in [0.4, 0.5) is 0 Å². The molecular formula is C11H13BrO4. The highest BCUT2D eigenvalue weighted by Crippen LogP contribution is 2.33. The molecule has 0 aromatic heterocycles. The summed E-state index contributed by atoms with van der Waals surface area (Å²) in [5.41, 5.74) is 0.343. The highest BCUT2D eigenvalue weighted by atomic mass is 79.9. The van der Waals surface area contributed by atoms with Crippen LogP contribution in [-0.2, 0) is 4.74 Å². The molecule has 5 heteroatoms. The molecule has 0 bridgehead atoms. The molecule has 0 radical (unpaired) electrons. The highest BCUT2D eigenvalue weighted by molar-refractivity contribution is 9.10. The van der Waals surface area contributed by atoms with Gasteiger partial charge in [0.15, 0.2) is 0 Å². The lowest BCUT2D eigenvalue weighted by Crippen LogP contribution is -2.07. The quantitative estimate of drug-likeness (QED) is 0.799. The SMILES string of the molecule is CCOC(=O)c1cc(OC)cc(Br)c1OC. The van der Waals surface area contributed by atoms with Crippen LogP contribution in [0.2, 0.25) is 0 Å². The second-order valence-corrected chi connectivity index (χ2v) is 3.76. The van der Waals surface area contributed by atoms with Crippen LogP contribution in [0.5, 0.6) is 11.5 Å². The van der Waals surface area contributed by atoms with Crippen molar-refractivity contribution < 1.29 is 19.0 Å². The van der Waals surface area contributed by atoms with Crippen LogP contribution in [0.1, 0.15) is 17.3 Å². The van der Waals surface area contributed by atoms with Gasteiger partial charge in [-0.3, -0.25) is 0 Å². The Morgan fingerprint density at radius 1 is 1.31 bits per heavy atom. The van der Waals surface area contributed by atoms with Gasteiger partial charge < -0.3 is 14.2 Å². The first-order chi connectivity index (χ1) is 7.63. The molecule has 0 aliphatic rings. The second-order valence-electron chi connectivity index (χ2n) is 2.91. The molecule has 1 aromatic carbocycles. The van der Waals surface area contributed by atoms with Crippen molar-refractivity contribution in [1.82, 2.24) is 0 Å². The Balaban J connectivity index is 3.22. The largest absolute Gasteiger partial charge is 0.497 e. The summed E-state index contributed by atoms with van der Waals surface area (Å²) < 4.78 is 15.8. The minimum Gasteiger partial charge on any atom is -0.497 e. The van der Waals surface area contributed by atoms with Gasteiger partial charge in [0.1, 0.15) is 17.1 Å². The van der Waals surface area contributed by atoms with E-state index in [-0.39, 0.29) is 0 Å². The van der Waals surface area contributed by atoms with Crippen molar-refractivity contribution in [2.45, 2.75) is 6.92 Å². The maximum absolute atomic E-state index is 11.7. The van der Waals surface area contributed by atoms with E-state index in [1.165, 1.54) is 14.2 Å². The molecule has 0 fully saturated rings. The lowest BCUT2D eigenvalue weighted by molar-refractivity contribution is 0.0522. The van der Waals surface area contributed by atoms with E-state index in [1.54, 1.807) is 19.1 Å². The van der Waals surface area contributed by atoms with Crippen molar-refractivity contribution in [2.75, 3.05) is 20.8 Å². The lowest BCUT2D eigenvalue weighted by Gasteiger charge is -2.11. The van der Waals surface area contributed by atoms with Gasteiger partial charge in [0.2, 0.25) is 0 Å². The lowest BCUT2D eigenvalue weighted by atomic mass is 10.2. The minimum atomic E-state index is -0.432. The summed E-state index contributed by atoms with van der Waals surface area (Å²) in [4.78, 5) is 11.7. The van der Waals surface area contributed by atoms with Crippen molar-refractivity contribution in [2.24, 2.45) is 0 Å². The Bertz CT molecular complexity index is 390. The first kappa shape index (κ1) is 12.8. The van der Waals surface area contributed by atoms with Crippen LogP contribution in [0.15, 0.2) is 16.6 Å². The first-order valence-electron chi connectivity index (χ1n) is 4.72. The third-order valence-corrected chi connectivity index (χ3v) is 2.54. The van der Waals surface area contributed by atoms with Gasteiger partial charge in [-0.15, -0.1) is 0 Å². The van der Waals surface area contributed by atoms with Crippen molar-refractivity contribution in [3.63, 3.8) is 0 Å². The number of ether oxygens (including phenoxy) is 3. The third kappa shape index (κ3) is 2.66. The molecule has 0 N–H and O–H groups in total. The van der Waals surface area contributed by atoms with Gasteiger partial charge in [-0.25, -0.2) is 4.79 Å². The Morgan fingerprint density at radius 3 is 2.50 bits per heavy atom. The molecule has 0 unspecified atom stereocenters. The maximum atomic E-state index is 11.7. The number of halogens is 1. The molecule has 0 amide bonds. The summed E-state index contributed by atoms with van der Waals surface area (Å²) in [5.74, 6) is 0.578. The number of methoxy groups -OCH3 is 2. The van der Waals surface area contributed by atoms with Gasteiger partial charge in [-0.1, -0.05) is 0 Å². The van der Waals surface area contributed by atoms with Gasteiger partial charge in [-0.2, -0.15) is 0 Å². The molecule has 0 saturated carbocycles. The summed E-state index contributed by atoms with van der Waals surface area (Å²) in [6.07, 6.45) is 0. The van der Waals surface area contributed by atoms with E-state index in [0.717, 1.165) is 0 Å². The molecule has 0 heterocycles. The fourth-order valence-electron chi connectivity index (χ4n) is 1.25. The number of benzene rings is 1. The van der Waals surface area contributed by atoms with Crippen molar-refractivity contribution in [1.29, 1.82) is 0 Å². The fourth-order valence-corrected chi connectivity index (χ4v) is 1.86. The summed E-state index contributed by atoms with van der Waals surface area (Å²) >= 11 is 3.31. The Hall–Kier alpha value is -1.23. The van der Waals surface area contributed by atoms with Crippen LogP contribution < -0.4 is 9.47 Å². The van der Waals surface area contributed by atoms with Crippen molar-refractivity contribution >= 4 is 21.9 Å². The van der Waals surface area contributed by atoms with E-state index < -0.39 is 5.97 Å². The number of hydrogen-bond donors (Lipinski definition) is 0. The zero-order valence-electron chi connectivity index (χ0n) is 9.37. The normalized spacial score (nSPS) is 9.75. The van der Waals surface area contributed by atoms with Gasteiger partial charge in [-0.05, 0) is 35.0 Å². The first-order valence-corrected chi connectivity index (χ1v) is 5.52. The topological polar surface area (TPSA) is 44.8 Å². The Kier molecular flexibility index (Phi) is 4.61. The van der Waals surface area contributed by atoms with Crippen LogP contribution in [0, 0.1) is 0 Å². The standard InChI is InChI=1S/C11H13BrO4/c1-4-16-11(13)8-5-7(14-2)6-9(12)10(8)15-3/h5-6H,4H2,1-3H3. The molecule has 1 aromatic rings. The molecule has 16 heavy (non-hydrogen) atoms. The predicted octanol–water partition coefficient (Wildman–Crippen LogP) is 2.64. The van der Waals surface area contributed by atoms with Gasteiger partial charge in [0.05, 0.1) is 25.3 Å². The maximum Gasteiger partial charge on any atom is 0.342 e. The summed E-state index contributed by atoms with van der Waals surface area (Å²) in [7, 11) is 3.03. The number of carbonyl (C=O) groups is 1. The molecule has 1 rings (SSSR count). The molecule has 0 spiro atoms. The molecule has 0 saturated heterocycles. The predicted molar refractivity (Wildman–Crippen MR) is 63.2 cm³/mol. The molecule has 0 aliphatic carbocycles. The van der Waals surface area contributed by atoms with E-state index in [4.69, 9.17) is 14.2 Å². The number of rotatable bonds is 4. The zero-order valence-corrected chi connectivity index (χ0v) is 11.0. The Labute approximate surface area is 103 Å². The minimum absolute atomic E-state index is 0.316. The molecule has 0 aliphatic heterocycles. The third-order valence-electron chi connectivity index (χ3n) is 1.95. The molecule has 0 atom stereocenters. The number of hydrogen-bond acceptors (Lipinski definition) is 4. The van der Waals surface area contributed by atoms with E-state index in [0.29, 0.717) is 28.1 Å². The molecular weight excluding hydrogens is 276 g/mol.